The van der Waals surface area contributed by atoms with Crippen LogP contribution >= 0.6 is 0 Å². The van der Waals surface area contributed by atoms with Gasteiger partial charge in [-0.1, -0.05) is 17.7 Å². The summed E-state index contributed by atoms with van der Waals surface area (Å²) in [5.41, 5.74) is -0.0667. The number of aromatic nitrogens is 2. The Hall–Kier alpha value is -2.51. The fourth-order valence-electron chi connectivity index (χ4n) is 1.37. The first-order valence-corrected chi connectivity index (χ1v) is 5.53. The lowest BCUT2D eigenvalue weighted by atomic mass is 10.2. The zero-order valence-corrected chi connectivity index (χ0v) is 10.3. The van der Waals surface area contributed by atoms with Crippen LogP contribution in [0.1, 0.15) is 11.3 Å². The minimum absolute atomic E-state index is 0.269. The molecule has 2 aromatic rings. The number of nitrogens with zero attached hydrogens (tertiary/aromatic N) is 1. The Balaban J connectivity index is 1.98. The highest BCUT2D eigenvalue weighted by atomic mass is 19.4. The van der Waals surface area contributed by atoms with Gasteiger partial charge in [-0.25, -0.2) is 4.79 Å². The molecule has 2 N–H and O–H groups in total. The van der Waals surface area contributed by atoms with Crippen molar-refractivity contribution in [1.29, 1.82) is 0 Å². The molecule has 0 spiro atoms. The maximum atomic E-state index is 12.3. The van der Waals surface area contributed by atoms with E-state index in [2.05, 4.69) is 10.4 Å². The average Bonchev–Trinajstić information content (AvgIpc) is 2.80. The molecule has 5 nitrogen and oxygen atoms in total. The van der Waals surface area contributed by atoms with E-state index in [0.717, 1.165) is 5.56 Å². The van der Waals surface area contributed by atoms with Crippen LogP contribution in [0, 0.1) is 6.92 Å². The monoisotopic (exact) mass is 285 g/mol. The van der Waals surface area contributed by atoms with Gasteiger partial charge in [-0.3, -0.25) is 10.4 Å². The summed E-state index contributed by atoms with van der Waals surface area (Å²) in [5.74, 6) is 0.00844. The second kappa shape index (κ2) is 5.24. The minimum Gasteiger partial charge on any atom is -0.410 e. The van der Waals surface area contributed by atoms with Crippen LogP contribution in [0.5, 0.6) is 5.75 Å². The Labute approximate surface area is 111 Å². The van der Waals surface area contributed by atoms with Gasteiger partial charge >= 0.3 is 12.3 Å². The second-order valence-corrected chi connectivity index (χ2v) is 3.99. The Morgan fingerprint density at radius 2 is 1.95 bits per heavy atom. The summed E-state index contributed by atoms with van der Waals surface area (Å²) < 4.78 is 41.8. The fourth-order valence-corrected chi connectivity index (χ4v) is 1.37. The van der Waals surface area contributed by atoms with Gasteiger partial charge in [0.15, 0.2) is 5.82 Å². The average molecular weight is 285 g/mol. The second-order valence-electron chi connectivity index (χ2n) is 3.99. The number of carbonyl (C=O) groups excluding carboxylic acids is 1. The van der Waals surface area contributed by atoms with Crippen LogP contribution in [-0.4, -0.2) is 16.3 Å². The molecule has 1 aromatic carbocycles. The molecule has 0 saturated carbocycles. The van der Waals surface area contributed by atoms with Crippen molar-refractivity contribution in [3.63, 3.8) is 0 Å². The molecule has 0 aliphatic rings. The molecule has 2 rings (SSSR count). The van der Waals surface area contributed by atoms with Gasteiger partial charge in [0, 0.05) is 6.07 Å². The van der Waals surface area contributed by atoms with Crippen LogP contribution in [-0.2, 0) is 6.18 Å². The van der Waals surface area contributed by atoms with E-state index in [-0.39, 0.29) is 11.6 Å². The maximum Gasteiger partial charge on any atom is 0.432 e. The molecule has 1 amide bonds. The number of aryl methyl sites for hydroxylation is 1. The highest BCUT2D eigenvalue weighted by Crippen LogP contribution is 2.28. The largest absolute Gasteiger partial charge is 0.432 e. The van der Waals surface area contributed by atoms with Gasteiger partial charge in [0.1, 0.15) is 11.4 Å². The van der Waals surface area contributed by atoms with Gasteiger partial charge in [0.05, 0.1) is 0 Å². The van der Waals surface area contributed by atoms with Crippen LogP contribution in [0.15, 0.2) is 30.3 Å². The van der Waals surface area contributed by atoms with Crippen molar-refractivity contribution in [2.45, 2.75) is 13.1 Å². The van der Waals surface area contributed by atoms with Gasteiger partial charge in [0.2, 0.25) is 0 Å². The van der Waals surface area contributed by atoms with Gasteiger partial charge in [0.25, 0.3) is 0 Å². The Morgan fingerprint density at radius 3 is 2.50 bits per heavy atom. The van der Waals surface area contributed by atoms with Gasteiger partial charge < -0.3 is 4.74 Å². The van der Waals surface area contributed by atoms with E-state index in [0.29, 0.717) is 6.07 Å². The van der Waals surface area contributed by atoms with Gasteiger partial charge in [-0.05, 0) is 19.1 Å². The molecule has 1 heterocycles. The molecule has 8 heteroatoms. The number of hydrogen-bond donors (Lipinski definition) is 2. The SMILES string of the molecule is Cc1ccc(OC(=O)Nc2cc(C(F)(F)F)[nH]n2)cc1. The number of amides is 1. The van der Waals surface area contributed by atoms with Crippen LogP contribution in [0.25, 0.3) is 0 Å². The molecular weight excluding hydrogens is 275 g/mol. The number of H-pyrrole nitrogens is 1. The number of nitrogens with one attached hydrogen (secondary N) is 2. The van der Waals surface area contributed by atoms with Crippen molar-refractivity contribution in [3.05, 3.63) is 41.6 Å². The molecule has 0 atom stereocenters. The van der Waals surface area contributed by atoms with E-state index in [1.807, 2.05) is 6.92 Å². The minimum atomic E-state index is -4.55. The summed E-state index contributed by atoms with van der Waals surface area (Å²) in [6, 6.07) is 7.29. The van der Waals surface area contributed by atoms with E-state index >= 15 is 0 Å². The predicted molar refractivity (Wildman–Crippen MR) is 64.4 cm³/mol. The van der Waals surface area contributed by atoms with Gasteiger partial charge in [-0.15, -0.1) is 0 Å². The molecule has 0 bridgehead atoms. The van der Waals surface area contributed by atoms with Crippen molar-refractivity contribution in [1.82, 2.24) is 10.2 Å². The third kappa shape index (κ3) is 3.50. The lowest BCUT2D eigenvalue weighted by Crippen LogP contribution is -2.16. The number of hydrogen-bond acceptors (Lipinski definition) is 3. The molecule has 0 aliphatic carbocycles. The molecular formula is C12H10F3N3O2. The van der Waals surface area contributed by atoms with Crippen LogP contribution < -0.4 is 10.1 Å². The number of anilines is 1. The molecule has 0 unspecified atom stereocenters. The molecule has 106 valence electrons. The topological polar surface area (TPSA) is 67.0 Å². The standard InChI is InChI=1S/C12H10F3N3O2/c1-7-2-4-8(5-3-7)20-11(19)16-10-6-9(17-18-10)12(13,14)15/h2-6H,1H3,(H2,16,17,18,19). The quantitative estimate of drug-likeness (QED) is 0.889. The van der Waals surface area contributed by atoms with Crippen molar-refractivity contribution in [2.24, 2.45) is 0 Å². The van der Waals surface area contributed by atoms with E-state index in [4.69, 9.17) is 4.74 Å². The highest BCUT2D eigenvalue weighted by Gasteiger charge is 2.33. The molecule has 0 saturated heterocycles. The van der Waals surface area contributed by atoms with Crippen LogP contribution in [0.4, 0.5) is 23.8 Å². The van der Waals surface area contributed by atoms with E-state index in [9.17, 15) is 18.0 Å². The fraction of sp³-hybridized carbons (Fsp3) is 0.167. The zero-order valence-electron chi connectivity index (χ0n) is 10.3. The number of rotatable bonds is 2. The van der Waals surface area contributed by atoms with Crippen molar-refractivity contribution in [2.75, 3.05) is 5.32 Å². The molecule has 0 radical (unpaired) electrons. The van der Waals surface area contributed by atoms with Crippen molar-refractivity contribution < 1.29 is 22.7 Å². The highest BCUT2D eigenvalue weighted by molar-refractivity contribution is 5.85. The summed E-state index contributed by atoms with van der Waals surface area (Å²) in [7, 11) is 0. The van der Waals surface area contributed by atoms with E-state index in [1.165, 1.54) is 0 Å². The normalized spacial score (nSPS) is 11.2. The molecule has 0 aliphatic heterocycles. The number of aromatic amines is 1. The van der Waals surface area contributed by atoms with Gasteiger partial charge in [-0.2, -0.15) is 18.3 Å². The summed E-state index contributed by atoms with van der Waals surface area (Å²) in [6.07, 6.45) is -5.47. The summed E-state index contributed by atoms with van der Waals surface area (Å²) in [5, 5.41) is 7.19. The first-order chi connectivity index (χ1) is 9.34. The summed E-state index contributed by atoms with van der Waals surface area (Å²) in [6.45, 7) is 1.87. The first-order valence-electron chi connectivity index (χ1n) is 5.53. The maximum absolute atomic E-state index is 12.3. The van der Waals surface area contributed by atoms with E-state index in [1.54, 1.807) is 29.4 Å². The van der Waals surface area contributed by atoms with Crippen molar-refractivity contribution >= 4 is 11.9 Å². The summed E-state index contributed by atoms with van der Waals surface area (Å²) in [4.78, 5) is 11.5. The zero-order chi connectivity index (χ0) is 14.8. The third-order valence-electron chi connectivity index (χ3n) is 2.34. The van der Waals surface area contributed by atoms with E-state index < -0.39 is 18.0 Å². The smallest absolute Gasteiger partial charge is 0.410 e. The third-order valence-corrected chi connectivity index (χ3v) is 2.34. The first kappa shape index (κ1) is 13.9. The Kier molecular flexibility index (Phi) is 3.64. The van der Waals surface area contributed by atoms with Crippen molar-refractivity contribution in [3.8, 4) is 5.75 Å². The lowest BCUT2D eigenvalue weighted by Gasteiger charge is -2.04. The Bertz CT molecular complexity index is 605. The van der Waals surface area contributed by atoms with Crippen LogP contribution in [0.3, 0.4) is 0 Å². The molecule has 1 aromatic heterocycles. The molecule has 20 heavy (non-hydrogen) atoms. The molecule has 0 fully saturated rings. The van der Waals surface area contributed by atoms with Crippen LogP contribution in [0.2, 0.25) is 0 Å². The summed E-state index contributed by atoms with van der Waals surface area (Å²) >= 11 is 0. The number of carbonyl (C=O) groups is 1. The number of ether oxygens (including phenoxy) is 1. The number of halogens is 3. The number of alkyl halides is 3. The lowest BCUT2D eigenvalue weighted by molar-refractivity contribution is -0.141. The number of benzene rings is 1. The Morgan fingerprint density at radius 1 is 1.30 bits per heavy atom. The predicted octanol–water partition coefficient (Wildman–Crippen LogP) is 3.35.